The van der Waals surface area contributed by atoms with Crippen molar-refractivity contribution in [3.05, 3.63) is 83.1 Å². The first-order valence-corrected chi connectivity index (χ1v) is 10.3. The van der Waals surface area contributed by atoms with Crippen molar-refractivity contribution in [1.82, 2.24) is 19.7 Å². The van der Waals surface area contributed by atoms with E-state index in [0.717, 1.165) is 28.4 Å². The highest BCUT2D eigenvalue weighted by Crippen LogP contribution is 2.21. The molecule has 0 radical (unpaired) electrons. The predicted octanol–water partition coefficient (Wildman–Crippen LogP) is 4.19. The van der Waals surface area contributed by atoms with Crippen molar-refractivity contribution in [2.24, 2.45) is 0 Å². The molecule has 0 bridgehead atoms. The molecule has 4 rings (SSSR count). The van der Waals surface area contributed by atoms with Crippen LogP contribution in [0.5, 0.6) is 0 Å². The molecule has 0 aliphatic rings. The maximum atomic E-state index is 12.5. The Morgan fingerprint density at radius 3 is 2.66 bits per heavy atom. The van der Waals surface area contributed by atoms with Crippen LogP contribution in [-0.4, -0.2) is 25.7 Å². The van der Waals surface area contributed by atoms with Gasteiger partial charge < -0.3 is 5.32 Å². The van der Waals surface area contributed by atoms with Gasteiger partial charge in [-0.25, -0.2) is 9.67 Å². The Hall–Kier alpha value is -3.32. The zero-order valence-electron chi connectivity index (χ0n) is 16.1. The molecule has 0 spiro atoms. The number of pyridine rings is 1. The molecule has 3 aromatic heterocycles. The SMILES string of the molecule is CCc1ccc(Cn2nccc2NC(=O)Cc2csc(-c3ccccn3)n2)cc1. The van der Waals surface area contributed by atoms with Gasteiger partial charge in [-0.05, 0) is 29.7 Å². The molecule has 0 saturated heterocycles. The molecule has 0 unspecified atom stereocenters. The second kappa shape index (κ2) is 8.79. The molecule has 146 valence electrons. The first-order valence-electron chi connectivity index (χ1n) is 9.46. The highest BCUT2D eigenvalue weighted by molar-refractivity contribution is 7.13. The van der Waals surface area contributed by atoms with Crippen molar-refractivity contribution in [3.8, 4) is 10.7 Å². The van der Waals surface area contributed by atoms with Crippen LogP contribution in [0.2, 0.25) is 0 Å². The molecular weight excluding hydrogens is 382 g/mol. The highest BCUT2D eigenvalue weighted by atomic mass is 32.1. The van der Waals surface area contributed by atoms with E-state index < -0.39 is 0 Å². The molecule has 29 heavy (non-hydrogen) atoms. The summed E-state index contributed by atoms with van der Waals surface area (Å²) in [6.45, 7) is 2.74. The Morgan fingerprint density at radius 2 is 1.90 bits per heavy atom. The normalized spacial score (nSPS) is 10.8. The fourth-order valence-corrected chi connectivity index (χ4v) is 3.76. The summed E-state index contributed by atoms with van der Waals surface area (Å²) in [5.41, 5.74) is 3.99. The molecule has 0 fully saturated rings. The van der Waals surface area contributed by atoms with Crippen LogP contribution in [0.1, 0.15) is 23.7 Å². The average molecular weight is 404 g/mol. The molecule has 3 heterocycles. The first-order chi connectivity index (χ1) is 14.2. The Balaban J connectivity index is 1.39. The number of hydrogen-bond acceptors (Lipinski definition) is 5. The summed E-state index contributed by atoms with van der Waals surface area (Å²) in [5.74, 6) is 0.556. The van der Waals surface area contributed by atoms with E-state index in [1.807, 2.05) is 23.6 Å². The number of hydrogen-bond donors (Lipinski definition) is 1. The van der Waals surface area contributed by atoms with Gasteiger partial charge in [0.1, 0.15) is 10.8 Å². The third-order valence-corrected chi connectivity index (χ3v) is 5.44. The van der Waals surface area contributed by atoms with Gasteiger partial charge in [0.25, 0.3) is 0 Å². The zero-order valence-corrected chi connectivity index (χ0v) is 16.9. The van der Waals surface area contributed by atoms with Gasteiger partial charge in [-0.2, -0.15) is 5.10 Å². The van der Waals surface area contributed by atoms with Crippen LogP contribution < -0.4 is 5.32 Å². The van der Waals surface area contributed by atoms with Crippen LogP contribution in [0.3, 0.4) is 0 Å². The second-order valence-electron chi connectivity index (χ2n) is 6.63. The summed E-state index contributed by atoms with van der Waals surface area (Å²) in [6.07, 6.45) is 4.65. The maximum Gasteiger partial charge on any atom is 0.231 e. The number of carbonyl (C=O) groups excluding carboxylic acids is 1. The lowest BCUT2D eigenvalue weighted by Crippen LogP contribution is -2.18. The van der Waals surface area contributed by atoms with Crippen molar-refractivity contribution >= 4 is 23.1 Å². The largest absolute Gasteiger partial charge is 0.311 e. The monoisotopic (exact) mass is 403 g/mol. The lowest BCUT2D eigenvalue weighted by molar-refractivity contribution is -0.115. The van der Waals surface area contributed by atoms with Gasteiger partial charge in [0.2, 0.25) is 5.91 Å². The fraction of sp³-hybridized carbons (Fsp3) is 0.182. The molecule has 0 atom stereocenters. The lowest BCUT2D eigenvalue weighted by atomic mass is 10.1. The molecule has 0 aliphatic heterocycles. The van der Waals surface area contributed by atoms with Crippen LogP contribution in [0.25, 0.3) is 10.7 Å². The van der Waals surface area contributed by atoms with Gasteiger partial charge in [-0.1, -0.05) is 37.3 Å². The van der Waals surface area contributed by atoms with Crippen LogP contribution in [0, 0.1) is 0 Å². The van der Waals surface area contributed by atoms with E-state index in [1.165, 1.54) is 16.9 Å². The summed E-state index contributed by atoms with van der Waals surface area (Å²) < 4.78 is 1.79. The van der Waals surface area contributed by atoms with Crippen molar-refractivity contribution in [1.29, 1.82) is 0 Å². The van der Waals surface area contributed by atoms with E-state index in [9.17, 15) is 4.79 Å². The molecule has 1 aromatic carbocycles. The number of amides is 1. The van der Waals surface area contributed by atoms with Gasteiger partial charge in [-0.15, -0.1) is 11.3 Å². The smallest absolute Gasteiger partial charge is 0.231 e. The summed E-state index contributed by atoms with van der Waals surface area (Å²) >= 11 is 1.49. The lowest BCUT2D eigenvalue weighted by Gasteiger charge is -2.09. The van der Waals surface area contributed by atoms with E-state index in [2.05, 4.69) is 51.6 Å². The Labute approximate surface area is 173 Å². The number of aromatic nitrogens is 4. The maximum absolute atomic E-state index is 12.5. The number of rotatable bonds is 7. The number of nitrogens with one attached hydrogen (secondary N) is 1. The number of anilines is 1. The van der Waals surface area contributed by atoms with E-state index >= 15 is 0 Å². The summed E-state index contributed by atoms with van der Waals surface area (Å²) in [4.78, 5) is 21.3. The molecule has 7 heteroatoms. The zero-order chi connectivity index (χ0) is 20.1. The van der Waals surface area contributed by atoms with Gasteiger partial charge in [0.05, 0.1) is 30.6 Å². The van der Waals surface area contributed by atoms with Gasteiger partial charge in [0, 0.05) is 17.6 Å². The van der Waals surface area contributed by atoms with E-state index in [4.69, 9.17) is 0 Å². The van der Waals surface area contributed by atoms with E-state index in [0.29, 0.717) is 12.4 Å². The van der Waals surface area contributed by atoms with Gasteiger partial charge in [-0.3, -0.25) is 9.78 Å². The Kier molecular flexibility index (Phi) is 5.76. The first kappa shape index (κ1) is 19.0. The number of benzene rings is 1. The Bertz CT molecular complexity index is 1090. The van der Waals surface area contributed by atoms with E-state index in [1.54, 1.807) is 23.1 Å². The van der Waals surface area contributed by atoms with Gasteiger partial charge >= 0.3 is 0 Å². The Morgan fingerprint density at radius 1 is 1.07 bits per heavy atom. The van der Waals surface area contributed by atoms with Crippen molar-refractivity contribution < 1.29 is 4.79 Å². The van der Waals surface area contributed by atoms with Crippen LogP contribution in [0.4, 0.5) is 5.82 Å². The molecule has 0 aliphatic carbocycles. The second-order valence-corrected chi connectivity index (χ2v) is 7.49. The molecule has 1 amide bonds. The topological polar surface area (TPSA) is 72.7 Å². The summed E-state index contributed by atoms with van der Waals surface area (Å²) in [5, 5.41) is 9.99. The average Bonchev–Trinajstić information content (AvgIpc) is 3.39. The predicted molar refractivity (Wildman–Crippen MR) is 115 cm³/mol. The molecule has 1 N–H and O–H groups in total. The molecular formula is C22H21N5OS. The van der Waals surface area contributed by atoms with Crippen molar-refractivity contribution in [2.45, 2.75) is 26.3 Å². The van der Waals surface area contributed by atoms with Crippen LogP contribution in [0.15, 0.2) is 66.3 Å². The molecule has 0 saturated carbocycles. The third-order valence-electron chi connectivity index (χ3n) is 4.53. The highest BCUT2D eigenvalue weighted by Gasteiger charge is 2.12. The minimum Gasteiger partial charge on any atom is -0.311 e. The van der Waals surface area contributed by atoms with Crippen molar-refractivity contribution in [2.75, 3.05) is 5.32 Å². The number of carbonyl (C=O) groups is 1. The summed E-state index contributed by atoms with van der Waals surface area (Å²) in [6, 6.07) is 15.9. The third kappa shape index (κ3) is 4.75. The number of thiazole rings is 1. The minimum atomic E-state index is -0.119. The van der Waals surface area contributed by atoms with Gasteiger partial charge in [0.15, 0.2) is 0 Å². The van der Waals surface area contributed by atoms with Crippen LogP contribution >= 0.6 is 11.3 Å². The van der Waals surface area contributed by atoms with Crippen LogP contribution in [-0.2, 0) is 24.2 Å². The number of aryl methyl sites for hydroxylation is 1. The molecule has 4 aromatic rings. The fourth-order valence-electron chi connectivity index (χ4n) is 2.96. The quantitative estimate of drug-likeness (QED) is 0.502. The number of nitrogens with zero attached hydrogens (tertiary/aromatic N) is 4. The van der Waals surface area contributed by atoms with Crippen molar-refractivity contribution in [3.63, 3.8) is 0 Å². The molecule has 6 nitrogen and oxygen atoms in total. The minimum absolute atomic E-state index is 0.119. The standard InChI is InChI=1S/C22H21N5OS/c1-2-16-6-8-17(9-7-16)14-27-20(10-12-24-27)26-21(28)13-18-15-29-22(25-18)19-5-3-4-11-23-19/h3-12,15H,2,13-14H2,1H3,(H,26,28). The van der Waals surface area contributed by atoms with E-state index in [-0.39, 0.29) is 12.3 Å². The summed E-state index contributed by atoms with van der Waals surface area (Å²) in [7, 11) is 0.